The van der Waals surface area contributed by atoms with Gasteiger partial charge in [0, 0.05) is 23.5 Å². The van der Waals surface area contributed by atoms with Gasteiger partial charge in [-0.1, -0.05) is 123 Å². The molecule has 0 saturated heterocycles. The fourth-order valence-electron chi connectivity index (χ4n) is 4.89. The van der Waals surface area contributed by atoms with E-state index in [1.165, 1.54) is 5.56 Å². The maximum atomic E-state index is 14.1. The fraction of sp³-hybridized carbons (Fsp3) is 0.121. The third-order valence-electron chi connectivity index (χ3n) is 6.40. The number of benzene rings is 4. The van der Waals surface area contributed by atoms with Crippen molar-refractivity contribution in [1.82, 2.24) is 4.57 Å². The van der Waals surface area contributed by atoms with Crippen molar-refractivity contribution in [3.05, 3.63) is 138 Å². The molecule has 1 N–H and O–H groups in total. The van der Waals surface area contributed by atoms with Gasteiger partial charge in [-0.15, -0.1) is 0 Å². The number of nitrogens with zero attached hydrogens (tertiary/aromatic N) is 1. The van der Waals surface area contributed by atoms with E-state index in [4.69, 9.17) is 0 Å². The first-order valence-corrected chi connectivity index (χ1v) is 12.4. The standard InChI is InChI=1S/C33H30N2O/c1-24(2)31-30(33(36)34-28-21-13-6-14-22-28)29(26-17-9-4-10-18-26)32(27-19-11-5-12-20-27)35(31)23-25-15-7-3-8-16-25/h3-22,24H,23H2,1-2H3,(H,34,36). The molecule has 0 spiro atoms. The number of rotatable bonds is 7. The molecule has 0 bridgehead atoms. The van der Waals surface area contributed by atoms with Crippen LogP contribution < -0.4 is 5.32 Å². The highest BCUT2D eigenvalue weighted by molar-refractivity contribution is 6.12. The Morgan fingerprint density at radius 2 is 1.19 bits per heavy atom. The Morgan fingerprint density at radius 3 is 1.75 bits per heavy atom. The summed E-state index contributed by atoms with van der Waals surface area (Å²) >= 11 is 0. The van der Waals surface area contributed by atoms with E-state index in [-0.39, 0.29) is 11.8 Å². The summed E-state index contributed by atoms with van der Waals surface area (Å²) in [6.07, 6.45) is 0. The molecule has 3 nitrogen and oxygen atoms in total. The predicted octanol–water partition coefficient (Wildman–Crippen LogP) is 8.25. The molecule has 0 fully saturated rings. The van der Waals surface area contributed by atoms with Crippen molar-refractivity contribution in [1.29, 1.82) is 0 Å². The fourth-order valence-corrected chi connectivity index (χ4v) is 4.89. The molecular weight excluding hydrogens is 440 g/mol. The van der Waals surface area contributed by atoms with Gasteiger partial charge < -0.3 is 9.88 Å². The number of carbonyl (C=O) groups is 1. The van der Waals surface area contributed by atoms with Crippen molar-refractivity contribution >= 4 is 11.6 Å². The lowest BCUT2D eigenvalue weighted by molar-refractivity contribution is 0.102. The lowest BCUT2D eigenvalue weighted by Gasteiger charge is -2.17. The second-order valence-corrected chi connectivity index (χ2v) is 9.26. The molecule has 1 heterocycles. The molecule has 0 saturated carbocycles. The number of hydrogen-bond acceptors (Lipinski definition) is 1. The van der Waals surface area contributed by atoms with Crippen LogP contribution in [0, 0.1) is 0 Å². The van der Waals surface area contributed by atoms with Crippen molar-refractivity contribution in [2.75, 3.05) is 5.32 Å². The van der Waals surface area contributed by atoms with Gasteiger partial charge in [0.1, 0.15) is 0 Å². The average molecular weight is 471 g/mol. The molecule has 0 aliphatic rings. The smallest absolute Gasteiger partial charge is 0.258 e. The first kappa shape index (κ1) is 23.4. The number of amides is 1. The van der Waals surface area contributed by atoms with Gasteiger partial charge in [0.05, 0.1) is 11.3 Å². The molecule has 1 aromatic heterocycles. The predicted molar refractivity (Wildman–Crippen MR) is 149 cm³/mol. The van der Waals surface area contributed by atoms with Crippen LogP contribution in [0.1, 0.15) is 41.4 Å². The van der Waals surface area contributed by atoms with Crippen LogP contribution in [-0.4, -0.2) is 10.5 Å². The SMILES string of the molecule is CC(C)c1c(C(=O)Nc2ccccc2)c(-c2ccccc2)c(-c2ccccc2)n1Cc1ccccc1. The van der Waals surface area contributed by atoms with Gasteiger partial charge in [-0.2, -0.15) is 0 Å². The Hall–Kier alpha value is -4.37. The second kappa shape index (κ2) is 10.5. The van der Waals surface area contributed by atoms with Crippen LogP contribution in [0.5, 0.6) is 0 Å². The van der Waals surface area contributed by atoms with Crippen molar-refractivity contribution in [3.8, 4) is 22.4 Å². The Kier molecular flexibility index (Phi) is 6.81. The number of para-hydroxylation sites is 1. The lowest BCUT2D eigenvalue weighted by Crippen LogP contribution is -2.16. The van der Waals surface area contributed by atoms with Gasteiger partial charge in [-0.3, -0.25) is 4.79 Å². The van der Waals surface area contributed by atoms with Crippen LogP contribution in [0.25, 0.3) is 22.4 Å². The zero-order valence-corrected chi connectivity index (χ0v) is 20.7. The van der Waals surface area contributed by atoms with E-state index in [2.05, 4.69) is 84.4 Å². The Morgan fingerprint density at radius 1 is 0.694 bits per heavy atom. The summed E-state index contributed by atoms with van der Waals surface area (Å²) in [5.41, 5.74) is 7.90. The topological polar surface area (TPSA) is 34.0 Å². The number of carbonyl (C=O) groups excluding carboxylic acids is 1. The van der Waals surface area contributed by atoms with Gasteiger partial charge in [0.2, 0.25) is 0 Å². The van der Waals surface area contributed by atoms with Crippen LogP contribution in [0.2, 0.25) is 0 Å². The molecule has 36 heavy (non-hydrogen) atoms. The third-order valence-corrected chi connectivity index (χ3v) is 6.40. The van der Waals surface area contributed by atoms with E-state index in [9.17, 15) is 4.79 Å². The Bertz CT molecular complexity index is 1440. The van der Waals surface area contributed by atoms with Gasteiger partial charge in [-0.05, 0) is 34.7 Å². The summed E-state index contributed by atoms with van der Waals surface area (Å²) in [5, 5.41) is 3.17. The molecular formula is C33H30N2O. The Balaban J connectivity index is 1.82. The summed E-state index contributed by atoms with van der Waals surface area (Å²) in [6.45, 7) is 5.01. The van der Waals surface area contributed by atoms with Crippen molar-refractivity contribution in [2.45, 2.75) is 26.3 Å². The van der Waals surface area contributed by atoms with Gasteiger partial charge in [0.15, 0.2) is 0 Å². The highest BCUT2D eigenvalue weighted by atomic mass is 16.1. The van der Waals surface area contributed by atoms with Crippen LogP contribution in [0.3, 0.4) is 0 Å². The summed E-state index contributed by atoms with van der Waals surface area (Å²) in [6, 6.07) is 40.8. The van der Waals surface area contributed by atoms with Crippen molar-refractivity contribution in [3.63, 3.8) is 0 Å². The van der Waals surface area contributed by atoms with E-state index in [1.54, 1.807) is 0 Å². The van der Waals surface area contributed by atoms with Crippen LogP contribution >= 0.6 is 0 Å². The van der Waals surface area contributed by atoms with Crippen molar-refractivity contribution < 1.29 is 4.79 Å². The van der Waals surface area contributed by atoms with Crippen LogP contribution in [0.15, 0.2) is 121 Å². The molecule has 4 aromatic carbocycles. The largest absolute Gasteiger partial charge is 0.339 e. The number of aromatic nitrogens is 1. The van der Waals surface area contributed by atoms with Gasteiger partial charge in [0.25, 0.3) is 5.91 Å². The summed E-state index contributed by atoms with van der Waals surface area (Å²) in [5.74, 6) is 0.0397. The van der Waals surface area contributed by atoms with Crippen molar-refractivity contribution in [2.24, 2.45) is 0 Å². The molecule has 0 radical (unpaired) electrons. The minimum atomic E-state index is -0.0901. The summed E-state index contributed by atoms with van der Waals surface area (Å²) < 4.78 is 2.34. The molecule has 0 unspecified atom stereocenters. The lowest BCUT2D eigenvalue weighted by atomic mass is 9.94. The normalized spacial score (nSPS) is 11.0. The van der Waals surface area contributed by atoms with Crippen LogP contribution in [-0.2, 0) is 6.54 Å². The van der Waals surface area contributed by atoms with E-state index >= 15 is 0 Å². The first-order chi connectivity index (χ1) is 17.6. The summed E-state index contributed by atoms with van der Waals surface area (Å²) in [4.78, 5) is 14.1. The highest BCUT2D eigenvalue weighted by Gasteiger charge is 2.30. The minimum absolute atomic E-state index is 0.0901. The molecule has 178 valence electrons. The highest BCUT2D eigenvalue weighted by Crippen LogP contribution is 2.42. The molecule has 0 atom stereocenters. The van der Waals surface area contributed by atoms with E-state index in [0.29, 0.717) is 6.54 Å². The quantitative estimate of drug-likeness (QED) is 0.255. The zero-order chi connectivity index (χ0) is 24.9. The average Bonchev–Trinajstić information content (AvgIpc) is 3.26. The number of nitrogens with one attached hydrogen (secondary N) is 1. The van der Waals surface area contributed by atoms with E-state index in [1.807, 2.05) is 60.7 Å². The molecule has 0 aliphatic heterocycles. The maximum absolute atomic E-state index is 14.1. The summed E-state index contributed by atoms with van der Waals surface area (Å²) in [7, 11) is 0. The Labute approximate surface area is 213 Å². The molecule has 1 amide bonds. The van der Waals surface area contributed by atoms with Gasteiger partial charge >= 0.3 is 0 Å². The maximum Gasteiger partial charge on any atom is 0.258 e. The van der Waals surface area contributed by atoms with Gasteiger partial charge in [-0.25, -0.2) is 0 Å². The number of anilines is 1. The molecule has 3 heteroatoms. The molecule has 5 aromatic rings. The monoisotopic (exact) mass is 470 g/mol. The van der Waals surface area contributed by atoms with Crippen LogP contribution in [0.4, 0.5) is 5.69 Å². The number of hydrogen-bond donors (Lipinski definition) is 1. The first-order valence-electron chi connectivity index (χ1n) is 12.4. The molecule has 5 rings (SSSR count). The zero-order valence-electron chi connectivity index (χ0n) is 20.7. The minimum Gasteiger partial charge on any atom is -0.339 e. The second-order valence-electron chi connectivity index (χ2n) is 9.26. The van der Waals surface area contributed by atoms with E-state index < -0.39 is 0 Å². The third kappa shape index (κ3) is 4.73. The molecule has 0 aliphatic carbocycles. The van der Waals surface area contributed by atoms with E-state index in [0.717, 1.165) is 39.3 Å².